The fourth-order valence-electron chi connectivity index (χ4n) is 3.30. The Bertz CT molecular complexity index is 410. The maximum Gasteiger partial charge on any atom is 0.122 e. The summed E-state index contributed by atoms with van der Waals surface area (Å²) in [6.07, 6.45) is 10.4. The predicted molar refractivity (Wildman–Crippen MR) is 78.8 cm³/mol. The first-order valence-electron chi connectivity index (χ1n) is 7.90. The smallest absolute Gasteiger partial charge is 0.122 e. The number of aryl methyl sites for hydroxylation is 2. The van der Waals surface area contributed by atoms with Crippen molar-refractivity contribution in [2.45, 2.75) is 57.4 Å². The Morgan fingerprint density at radius 3 is 2.95 bits per heavy atom. The van der Waals surface area contributed by atoms with E-state index in [4.69, 9.17) is 4.74 Å². The fourth-order valence-corrected chi connectivity index (χ4v) is 3.30. The first-order valence-corrected chi connectivity index (χ1v) is 7.90. The van der Waals surface area contributed by atoms with Gasteiger partial charge in [-0.1, -0.05) is 25.0 Å². The van der Waals surface area contributed by atoms with Crippen molar-refractivity contribution in [3.05, 3.63) is 29.3 Å². The lowest BCUT2D eigenvalue weighted by molar-refractivity contribution is 0.288. The molecule has 0 bridgehead atoms. The van der Waals surface area contributed by atoms with Gasteiger partial charge in [-0.3, -0.25) is 0 Å². The average molecular weight is 259 g/mol. The van der Waals surface area contributed by atoms with Crippen molar-refractivity contribution in [3.8, 4) is 5.75 Å². The number of benzene rings is 1. The van der Waals surface area contributed by atoms with E-state index in [2.05, 4.69) is 23.5 Å². The molecule has 2 aliphatic rings. The second-order valence-corrected chi connectivity index (χ2v) is 5.93. The number of ether oxygens (including phenoxy) is 1. The van der Waals surface area contributed by atoms with Crippen LogP contribution in [0.25, 0.3) is 0 Å². The van der Waals surface area contributed by atoms with E-state index in [1.165, 1.54) is 62.5 Å². The molecule has 1 aromatic carbocycles. The highest BCUT2D eigenvalue weighted by atomic mass is 16.5. The molecule has 1 aromatic rings. The molecule has 1 fully saturated rings. The molecule has 0 atom stereocenters. The van der Waals surface area contributed by atoms with Crippen molar-refractivity contribution in [1.82, 2.24) is 5.32 Å². The lowest BCUT2D eigenvalue weighted by Gasteiger charge is -2.18. The topological polar surface area (TPSA) is 21.3 Å². The minimum atomic E-state index is 0.803. The Morgan fingerprint density at radius 2 is 2.05 bits per heavy atom. The zero-order valence-corrected chi connectivity index (χ0v) is 11.8. The van der Waals surface area contributed by atoms with E-state index >= 15 is 0 Å². The highest BCUT2D eigenvalue weighted by Crippen LogP contribution is 2.26. The van der Waals surface area contributed by atoms with Crippen molar-refractivity contribution in [1.29, 1.82) is 0 Å². The molecule has 2 heteroatoms. The van der Waals surface area contributed by atoms with Gasteiger partial charge in [0, 0.05) is 6.04 Å². The summed E-state index contributed by atoms with van der Waals surface area (Å²) in [5.41, 5.74) is 2.88. The van der Waals surface area contributed by atoms with Gasteiger partial charge in [-0.15, -0.1) is 0 Å². The normalized spacial score (nSPS) is 19.2. The molecule has 2 nitrogen and oxygen atoms in total. The SMILES string of the molecule is c1cc2c(cc1CCCNC1CCCC1)CCCO2. The van der Waals surface area contributed by atoms with Crippen LogP contribution < -0.4 is 10.1 Å². The number of nitrogens with one attached hydrogen (secondary N) is 1. The van der Waals surface area contributed by atoms with E-state index in [1.54, 1.807) is 0 Å². The number of hydrogen-bond donors (Lipinski definition) is 1. The van der Waals surface area contributed by atoms with Crippen LogP contribution in [0.2, 0.25) is 0 Å². The number of hydrogen-bond acceptors (Lipinski definition) is 2. The Morgan fingerprint density at radius 1 is 1.16 bits per heavy atom. The van der Waals surface area contributed by atoms with Crippen LogP contribution in [-0.4, -0.2) is 19.2 Å². The van der Waals surface area contributed by atoms with Crippen molar-refractivity contribution >= 4 is 0 Å². The zero-order chi connectivity index (χ0) is 12.9. The standard InChI is InChI=1S/C17H25NO/c1-2-8-16(7-1)18-11-3-5-14-9-10-17-15(13-14)6-4-12-19-17/h9-10,13,16,18H,1-8,11-12H2. The number of fused-ring (bicyclic) bond motifs is 1. The maximum atomic E-state index is 5.66. The Balaban J connectivity index is 1.44. The summed E-state index contributed by atoms with van der Waals surface area (Å²) in [5, 5.41) is 3.69. The molecule has 19 heavy (non-hydrogen) atoms. The van der Waals surface area contributed by atoms with Gasteiger partial charge in [-0.05, 0) is 62.3 Å². The van der Waals surface area contributed by atoms with Gasteiger partial charge < -0.3 is 10.1 Å². The first kappa shape index (κ1) is 13.0. The molecule has 1 aliphatic heterocycles. The molecule has 0 saturated heterocycles. The number of rotatable bonds is 5. The van der Waals surface area contributed by atoms with E-state index in [0.29, 0.717) is 0 Å². The van der Waals surface area contributed by atoms with Crippen LogP contribution in [0, 0.1) is 0 Å². The molecule has 0 spiro atoms. The van der Waals surface area contributed by atoms with Gasteiger partial charge in [0.25, 0.3) is 0 Å². The lowest BCUT2D eigenvalue weighted by atomic mass is 10.0. The van der Waals surface area contributed by atoms with Crippen LogP contribution in [0.5, 0.6) is 5.75 Å². The lowest BCUT2D eigenvalue weighted by Crippen LogP contribution is -2.27. The van der Waals surface area contributed by atoms with E-state index in [0.717, 1.165) is 24.9 Å². The van der Waals surface area contributed by atoms with Crippen LogP contribution in [-0.2, 0) is 12.8 Å². The maximum absolute atomic E-state index is 5.66. The summed E-state index contributed by atoms with van der Waals surface area (Å²) >= 11 is 0. The highest BCUT2D eigenvalue weighted by Gasteiger charge is 2.13. The fraction of sp³-hybridized carbons (Fsp3) is 0.647. The largest absolute Gasteiger partial charge is 0.493 e. The van der Waals surface area contributed by atoms with Gasteiger partial charge in [-0.2, -0.15) is 0 Å². The molecule has 1 saturated carbocycles. The Hall–Kier alpha value is -1.02. The second-order valence-electron chi connectivity index (χ2n) is 5.93. The molecule has 0 radical (unpaired) electrons. The summed E-state index contributed by atoms with van der Waals surface area (Å²) in [4.78, 5) is 0. The van der Waals surface area contributed by atoms with Crippen LogP contribution >= 0.6 is 0 Å². The van der Waals surface area contributed by atoms with Gasteiger partial charge in [-0.25, -0.2) is 0 Å². The summed E-state index contributed by atoms with van der Waals surface area (Å²) in [7, 11) is 0. The molecule has 1 heterocycles. The first-order chi connectivity index (χ1) is 9.42. The van der Waals surface area contributed by atoms with Crippen LogP contribution in [0.1, 0.15) is 49.7 Å². The summed E-state index contributed by atoms with van der Waals surface area (Å²) < 4.78 is 5.66. The molecular formula is C17H25NO. The molecule has 3 rings (SSSR count). The van der Waals surface area contributed by atoms with Crippen molar-refractivity contribution < 1.29 is 4.74 Å². The monoisotopic (exact) mass is 259 g/mol. The van der Waals surface area contributed by atoms with E-state index in [9.17, 15) is 0 Å². The average Bonchev–Trinajstić information content (AvgIpc) is 2.97. The van der Waals surface area contributed by atoms with E-state index < -0.39 is 0 Å². The molecule has 1 aliphatic carbocycles. The quantitative estimate of drug-likeness (QED) is 0.817. The zero-order valence-electron chi connectivity index (χ0n) is 11.8. The van der Waals surface area contributed by atoms with Gasteiger partial charge in [0.05, 0.1) is 6.61 Å². The van der Waals surface area contributed by atoms with E-state index in [-0.39, 0.29) is 0 Å². The Labute approximate surface area is 116 Å². The van der Waals surface area contributed by atoms with Crippen molar-refractivity contribution in [2.24, 2.45) is 0 Å². The van der Waals surface area contributed by atoms with Crippen LogP contribution in [0.3, 0.4) is 0 Å². The third-order valence-electron chi connectivity index (χ3n) is 4.40. The molecule has 0 unspecified atom stereocenters. The minimum absolute atomic E-state index is 0.803. The van der Waals surface area contributed by atoms with Crippen LogP contribution in [0.4, 0.5) is 0 Å². The molecule has 0 amide bonds. The third kappa shape index (κ3) is 3.50. The van der Waals surface area contributed by atoms with Crippen molar-refractivity contribution in [2.75, 3.05) is 13.2 Å². The van der Waals surface area contributed by atoms with Crippen molar-refractivity contribution in [3.63, 3.8) is 0 Å². The minimum Gasteiger partial charge on any atom is -0.493 e. The molecule has 0 aromatic heterocycles. The summed E-state index contributed by atoms with van der Waals surface area (Å²) in [6, 6.07) is 7.55. The van der Waals surface area contributed by atoms with E-state index in [1.807, 2.05) is 0 Å². The van der Waals surface area contributed by atoms with Gasteiger partial charge >= 0.3 is 0 Å². The van der Waals surface area contributed by atoms with Gasteiger partial charge in [0.1, 0.15) is 5.75 Å². The van der Waals surface area contributed by atoms with Gasteiger partial charge in [0.15, 0.2) is 0 Å². The summed E-state index contributed by atoms with van der Waals surface area (Å²) in [5.74, 6) is 1.11. The Kier molecular flexibility index (Phi) is 4.39. The predicted octanol–water partition coefficient (Wildman–Crippen LogP) is 3.48. The van der Waals surface area contributed by atoms with Gasteiger partial charge in [0.2, 0.25) is 0 Å². The highest BCUT2D eigenvalue weighted by molar-refractivity contribution is 5.38. The molecule has 104 valence electrons. The molecule has 1 N–H and O–H groups in total. The third-order valence-corrected chi connectivity index (χ3v) is 4.40. The van der Waals surface area contributed by atoms with Crippen LogP contribution in [0.15, 0.2) is 18.2 Å². The summed E-state index contributed by atoms with van der Waals surface area (Å²) in [6.45, 7) is 2.05. The second kappa shape index (κ2) is 6.42. The molecular weight excluding hydrogens is 234 g/mol.